The van der Waals surface area contributed by atoms with Crippen LogP contribution in [0.15, 0.2) is 66.9 Å². The monoisotopic (exact) mass is 265 g/mol. The smallest absolute Gasteiger partial charge is 0.113 e. The highest BCUT2D eigenvalue weighted by Gasteiger charge is 2.10. The van der Waals surface area contributed by atoms with Crippen LogP contribution in [-0.2, 0) is 6.54 Å². The summed E-state index contributed by atoms with van der Waals surface area (Å²) in [6.45, 7) is 0.393. The zero-order chi connectivity index (χ0) is 13.8. The molecular formula is C16H15N3O. The summed E-state index contributed by atoms with van der Waals surface area (Å²) in [4.78, 5) is 0. The summed E-state index contributed by atoms with van der Waals surface area (Å²) in [5.74, 6) is 0. The molecule has 0 amide bonds. The van der Waals surface area contributed by atoms with E-state index >= 15 is 0 Å². The SMILES string of the molecule is O[C@H](Cn1cc(-c2ccccc2)nn1)c1ccccc1. The van der Waals surface area contributed by atoms with Gasteiger partial charge in [-0.25, -0.2) is 4.68 Å². The van der Waals surface area contributed by atoms with E-state index in [0.29, 0.717) is 6.54 Å². The molecule has 4 nitrogen and oxygen atoms in total. The van der Waals surface area contributed by atoms with Crippen LogP contribution in [0.4, 0.5) is 0 Å². The molecular weight excluding hydrogens is 250 g/mol. The number of benzene rings is 2. The van der Waals surface area contributed by atoms with Crippen LogP contribution in [0.25, 0.3) is 11.3 Å². The summed E-state index contributed by atoms with van der Waals surface area (Å²) in [6, 6.07) is 19.4. The molecule has 0 aliphatic heterocycles. The molecule has 100 valence electrons. The number of aliphatic hydroxyl groups is 1. The van der Waals surface area contributed by atoms with E-state index < -0.39 is 6.10 Å². The van der Waals surface area contributed by atoms with Crippen molar-refractivity contribution in [3.8, 4) is 11.3 Å². The van der Waals surface area contributed by atoms with E-state index in [2.05, 4.69) is 10.3 Å². The fourth-order valence-electron chi connectivity index (χ4n) is 2.09. The number of hydrogen-bond acceptors (Lipinski definition) is 3. The van der Waals surface area contributed by atoms with Crippen LogP contribution in [0.2, 0.25) is 0 Å². The summed E-state index contributed by atoms with van der Waals surface area (Å²) < 4.78 is 1.67. The van der Waals surface area contributed by atoms with Gasteiger partial charge in [-0.1, -0.05) is 65.9 Å². The van der Waals surface area contributed by atoms with Crippen molar-refractivity contribution >= 4 is 0 Å². The summed E-state index contributed by atoms with van der Waals surface area (Å²) in [5.41, 5.74) is 2.71. The number of nitrogens with zero attached hydrogens (tertiary/aromatic N) is 3. The second-order valence-electron chi connectivity index (χ2n) is 4.62. The minimum atomic E-state index is -0.582. The molecule has 0 radical (unpaired) electrons. The first-order valence-corrected chi connectivity index (χ1v) is 6.51. The summed E-state index contributed by atoms with van der Waals surface area (Å²) in [7, 11) is 0. The first kappa shape index (κ1) is 12.6. The van der Waals surface area contributed by atoms with E-state index in [4.69, 9.17) is 0 Å². The quantitative estimate of drug-likeness (QED) is 0.789. The van der Waals surface area contributed by atoms with Gasteiger partial charge >= 0.3 is 0 Å². The second-order valence-corrected chi connectivity index (χ2v) is 4.62. The Morgan fingerprint density at radius 2 is 1.60 bits per heavy atom. The average Bonchev–Trinajstić information content (AvgIpc) is 2.97. The molecule has 0 spiro atoms. The zero-order valence-corrected chi connectivity index (χ0v) is 10.9. The average molecular weight is 265 g/mol. The van der Waals surface area contributed by atoms with Gasteiger partial charge in [-0.05, 0) is 5.56 Å². The fourth-order valence-corrected chi connectivity index (χ4v) is 2.09. The van der Waals surface area contributed by atoms with Crippen LogP contribution in [-0.4, -0.2) is 20.1 Å². The van der Waals surface area contributed by atoms with Gasteiger partial charge in [0.25, 0.3) is 0 Å². The van der Waals surface area contributed by atoms with E-state index in [0.717, 1.165) is 16.8 Å². The van der Waals surface area contributed by atoms with Crippen molar-refractivity contribution in [2.75, 3.05) is 0 Å². The van der Waals surface area contributed by atoms with E-state index in [1.54, 1.807) is 4.68 Å². The summed E-state index contributed by atoms with van der Waals surface area (Å²) >= 11 is 0. The van der Waals surface area contributed by atoms with Crippen molar-refractivity contribution < 1.29 is 5.11 Å². The van der Waals surface area contributed by atoms with Crippen molar-refractivity contribution in [3.63, 3.8) is 0 Å². The molecule has 1 atom stereocenters. The van der Waals surface area contributed by atoms with Crippen molar-refractivity contribution in [2.45, 2.75) is 12.6 Å². The van der Waals surface area contributed by atoms with Crippen molar-refractivity contribution in [3.05, 3.63) is 72.4 Å². The van der Waals surface area contributed by atoms with Gasteiger partial charge in [0.2, 0.25) is 0 Å². The third-order valence-corrected chi connectivity index (χ3v) is 3.15. The molecule has 20 heavy (non-hydrogen) atoms. The zero-order valence-electron chi connectivity index (χ0n) is 10.9. The van der Waals surface area contributed by atoms with Crippen LogP contribution in [0.3, 0.4) is 0 Å². The van der Waals surface area contributed by atoms with Crippen molar-refractivity contribution in [1.82, 2.24) is 15.0 Å². The lowest BCUT2D eigenvalue weighted by Gasteiger charge is -2.09. The topological polar surface area (TPSA) is 50.9 Å². The van der Waals surface area contributed by atoms with Gasteiger partial charge in [0.05, 0.1) is 18.8 Å². The molecule has 3 aromatic rings. The Bertz CT molecular complexity index is 664. The molecule has 2 aromatic carbocycles. The third-order valence-electron chi connectivity index (χ3n) is 3.15. The maximum absolute atomic E-state index is 10.2. The third kappa shape index (κ3) is 2.75. The predicted molar refractivity (Wildman–Crippen MR) is 76.9 cm³/mol. The van der Waals surface area contributed by atoms with Crippen LogP contribution in [0.5, 0.6) is 0 Å². The lowest BCUT2D eigenvalue weighted by Crippen LogP contribution is -2.09. The molecule has 0 unspecified atom stereocenters. The van der Waals surface area contributed by atoms with E-state index in [1.807, 2.05) is 66.9 Å². The van der Waals surface area contributed by atoms with Gasteiger partial charge in [-0.3, -0.25) is 0 Å². The van der Waals surface area contributed by atoms with Crippen LogP contribution >= 0.6 is 0 Å². The van der Waals surface area contributed by atoms with E-state index in [1.165, 1.54) is 0 Å². The molecule has 1 aromatic heterocycles. The normalized spacial score (nSPS) is 12.2. The molecule has 0 bridgehead atoms. The maximum atomic E-state index is 10.2. The summed E-state index contributed by atoms with van der Waals surface area (Å²) in [6.07, 6.45) is 1.27. The highest BCUT2D eigenvalue weighted by Crippen LogP contribution is 2.17. The highest BCUT2D eigenvalue weighted by molar-refractivity contribution is 5.57. The molecule has 0 aliphatic rings. The molecule has 0 fully saturated rings. The van der Waals surface area contributed by atoms with Gasteiger partial charge in [0, 0.05) is 5.56 Å². The molecule has 4 heteroatoms. The second kappa shape index (κ2) is 5.67. The Morgan fingerprint density at radius 3 is 2.30 bits per heavy atom. The van der Waals surface area contributed by atoms with Gasteiger partial charge in [-0.2, -0.15) is 0 Å². The molecule has 0 aliphatic carbocycles. The number of hydrogen-bond donors (Lipinski definition) is 1. The minimum absolute atomic E-state index is 0.393. The molecule has 0 saturated carbocycles. The lowest BCUT2D eigenvalue weighted by atomic mass is 10.1. The van der Waals surface area contributed by atoms with E-state index in [-0.39, 0.29) is 0 Å². The first-order chi connectivity index (χ1) is 9.83. The minimum Gasteiger partial charge on any atom is -0.386 e. The fraction of sp³-hybridized carbons (Fsp3) is 0.125. The Hall–Kier alpha value is -2.46. The Kier molecular flexibility index (Phi) is 3.56. The van der Waals surface area contributed by atoms with Gasteiger partial charge in [0.1, 0.15) is 5.69 Å². The van der Waals surface area contributed by atoms with Gasteiger partial charge in [0.15, 0.2) is 0 Å². The number of aromatic nitrogens is 3. The highest BCUT2D eigenvalue weighted by atomic mass is 16.3. The Morgan fingerprint density at radius 1 is 0.950 bits per heavy atom. The van der Waals surface area contributed by atoms with Gasteiger partial charge < -0.3 is 5.11 Å². The molecule has 3 rings (SSSR count). The van der Waals surface area contributed by atoms with Crippen LogP contribution in [0, 0.1) is 0 Å². The molecule has 1 N–H and O–H groups in total. The molecule has 0 saturated heterocycles. The predicted octanol–water partition coefficient (Wildman–Crippen LogP) is 2.68. The Balaban J connectivity index is 1.75. The number of aliphatic hydroxyl groups excluding tert-OH is 1. The maximum Gasteiger partial charge on any atom is 0.113 e. The largest absolute Gasteiger partial charge is 0.386 e. The standard InChI is InChI=1S/C16H15N3O/c20-16(14-9-5-2-6-10-14)12-19-11-15(17-18-19)13-7-3-1-4-8-13/h1-11,16,20H,12H2/t16-/m1/s1. The van der Waals surface area contributed by atoms with E-state index in [9.17, 15) is 5.11 Å². The Labute approximate surface area is 117 Å². The van der Waals surface area contributed by atoms with Crippen molar-refractivity contribution in [1.29, 1.82) is 0 Å². The molecule has 1 heterocycles. The number of rotatable bonds is 4. The van der Waals surface area contributed by atoms with Crippen LogP contribution in [0.1, 0.15) is 11.7 Å². The van der Waals surface area contributed by atoms with Crippen LogP contribution < -0.4 is 0 Å². The van der Waals surface area contributed by atoms with Crippen molar-refractivity contribution in [2.24, 2.45) is 0 Å². The lowest BCUT2D eigenvalue weighted by molar-refractivity contribution is 0.150. The summed E-state index contributed by atoms with van der Waals surface area (Å²) in [5, 5.41) is 18.4. The van der Waals surface area contributed by atoms with Gasteiger partial charge in [-0.15, -0.1) is 5.10 Å². The first-order valence-electron chi connectivity index (χ1n) is 6.51.